The lowest BCUT2D eigenvalue weighted by atomic mass is 10.2. The molecule has 0 aliphatic rings. The van der Waals surface area contributed by atoms with E-state index in [0.717, 1.165) is 11.8 Å². The van der Waals surface area contributed by atoms with Crippen LogP contribution in [-0.4, -0.2) is 37.5 Å². The van der Waals surface area contributed by atoms with Crippen molar-refractivity contribution in [3.8, 4) is 5.69 Å². The molecule has 2 aromatic rings. The summed E-state index contributed by atoms with van der Waals surface area (Å²) in [5.41, 5.74) is 1.55. The summed E-state index contributed by atoms with van der Waals surface area (Å²) in [6, 6.07) is 4.27. The normalized spacial score (nSPS) is 11.3. The van der Waals surface area contributed by atoms with Crippen LogP contribution in [0.15, 0.2) is 35.5 Å². The first-order chi connectivity index (χ1) is 9.32. The van der Waals surface area contributed by atoms with E-state index in [1.807, 2.05) is 6.92 Å². The van der Waals surface area contributed by atoms with E-state index in [1.54, 1.807) is 12.4 Å². The van der Waals surface area contributed by atoms with E-state index in [1.165, 1.54) is 30.0 Å². The molecular weight excluding hydrogens is 280 g/mol. The van der Waals surface area contributed by atoms with E-state index in [-0.39, 0.29) is 10.5 Å². The summed E-state index contributed by atoms with van der Waals surface area (Å²) in [6.07, 6.45) is 4.47. The van der Waals surface area contributed by atoms with Crippen LogP contribution in [0.4, 0.5) is 0 Å². The number of hydrogen-bond acceptors (Lipinski definition) is 5. The summed E-state index contributed by atoms with van der Waals surface area (Å²) in [6.45, 7) is 1.87. The number of benzene rings is 1. The molecule has 0 bridgehead atoms. The fraction of sp³-hybridized carbons (Fsp3) is 0.231. The summed E-state index contributed by atoms with van der Waals surface area (Å²) >= 11 is 0. The molecule has 0 spiro atoms. The maximum absolute atomic E-state index is 11.8. The molecule has 0 atom stereocenters. The highest BCUT2D eigenvalue weighted by molar-refractivity contribution is 7.90. The molecular formula is C13H14N2O4S. The fourth-order valence-electron chi connectivity index (χ4n) is 1.76. The van der Waals surface area contributed by atoms with Gasteiger partial charge in [0.2, 0.25) is 0 Å². The predicted molar refractivity (Wildman–Crippen MR) is 72.8 cm³/mol. The van der Waals surface area contributed by atoms with Crippen molar-refractivity contribution < 1.29 is 17.9 Å². The smallest absolute Gasteiger partial charge is 0.340 e. The first-order valence-corrected chi connectivity index (χ1v) is 7.66. The Balaban J connectivity index is 2.66. The van der Waals surface area contributed by atoms with Gasteiger partial charge in [-0.05, 0) is 30.7 Å². The first-order valence-electron chi connectivity index (χ1n) is 5.77. The Hall–Kier alpha value is -2.15. The predicted octanol–water partition coefficient (Wildman–Crippen LogP) is 1.37. The minimum Gasteiger partial charge on any atom is -0.465 e. The van der Waals surface area contributed by atoms with Crippen LogP contribution in [0.3, 0.4) is 0 Å². The third-order valence-electron chi connectivity index (χ3n) is 2.76. The number of rotatable bonds is 3. The lowest BCUT2D eigenvalue weighted by Crippen LogP contribution is -2.10. The maximum atomic E-state index is 11.8. The van der Waals surface area contributed by atoms with Crippen LogP contribution in [0.5, 0.6) is 0 Å². The van der Waals surface area contributed by atoms with Crippen molar-refractivity contribution in [3.05, 3.63) is 41.7 Å². The van der Waals surface area contributed by atoms with Crippen LogP contribution in [0.25, 0.3) is 5.69 Å². The number of aryl methyl sites for hydroxylation is 1. The van der Waals surface area contributed by atoms with Gasteiger partial charge in [-0.25, -0.2) is 17.9 Å². The molecule has 1 heterocycles. The van der Waals surface area contributed by atoms with Gasteiger partial charge in [0.05, 0.1) is 29.5 Å². The van der Waals surface area contributed by atoms with Crippen LogP contribution >= 0.6 is 0 Å². The molecule has 1 aromatic carbocycles. The Morgan fingerprint density at radius 2 is 2.05 bits per heavy atom. The molecule has 0 N–H and O–H groups in total. The zero-order chi connectivity index (χ0) is 14.9. The van der Waals surface area contributed by atoms with E-state index in [9.17, 15) is 13.2 Å². The third-order valence-corrected chi connectivity index (χ3v) is 3.87. The van der Waals surface area contributed by atoms with Crippen LogP contribution in [0, 0.1) is 6.92 Å². The summed E-state index contributed by atoms with van der Waals surface area (Å²) in [5.74, 6) is -0.612. The zero-order valence-electron chi connectivity index (χ0n) is 11.3. The monoisotopic (exact) mass is 294 g/mol. The minimum atomic E-state index is -3.40. The number of ether oxygens (including phenoxy) is 1. The number of methoxy groups -OCH3 is 1. The number of esters is 1. The molecule has 0 amide bonds. The number of aromatic nitrogens is 2. The Labute approximate surface area is 116 Å². The van der Waals surface area contributed by atoms with Gasteiger partial charge in [0.1, 0.15) is 0 Å². The van der Waals surface area contributed by atoms with E-state index >= 15 is 0 Å². The number of carbonyl (C=O) groups is 1. The SMILES string of the molecule is COC(=O)c1cc(S(C)(=O)=O)ccc1-n1cc(C)cn1. The highest BCUT2D eigenvalue weighted by atomic mass is 32.2. The van der Waals surface area contributed by atoms with Gasteiger partial charge in [-0.2, -0.15) is 5.10 Å². The molecule has 0 saturated carbocycles. The van der Waals surface area contributed by atoms with Crippen molar-refractivity contribution in [3.63, 3.8) is 0 Å². The van der Waals surface area contributed by atoms with Crippen molar-refractivity contribution in [2.24, 2.45) is 0 Å². The molecule has 0 fully saturated rings. The second kappa shape index (κ2) is 5.09. The second-order valence-corrected chi connectivity index (χ2v) is 6.42. The van der Waals surface area contributed by atoms with E-state index in [0.29, 0.717) is 5.69 Å². The molecule has 0 aliphatic carbocycles. The maximum Gasteiger partial charge on any atom is 0.340 e. The molecule has 6 nitrogen and oxygen atoms in total. The number of carbonyl (C=O) groups excluding carboxylic acids is 1. The Bertz CT molecular complexity index is 762. The standard InChI is InChI=1S/C13H14N2O4S/c1-9-7-14-15(8-9)12-5-4-10(20(3,17)18)6-11(12)13(16)19-2/h4-8H,1-3H3. The van der Waals surface area contributed by atoms with Crippen LogP contribution < -0.4 is 0 Å². The van der Waals surface area contributed by atoms with Gasteiger partial charge in [-0.1, -0.05) is 0 Å². The van der Waals surface area contributed by atoms with Crippen molar-refractivity contribution >= 4 is 15.8 Å². The molecule has 0 saturated heterocycles. The average molecular weight is 294 g/mol. The van der Waals surface area contributed by atoms with Gasteiger partial charge in [0.25, 0.3) is 0 Å². The van der Waals surface area contributed by atoms with Gasteiger partial charge in [-0.3, -0.25) is 0 Å². The molecule has 2 rings (SSSR count). The molecule has 20 heavy (non-hydrogen) atoms. The minimum absolute atomic E-state index is 0.0607. The molecule has 0 unspecified atom stereocenters. The fourth-order valence-corrected chi connectivity index (χ4v) is 2.41. The zero-order valence-corrected chi connectivity index (χ0v) is 12.1. The molecule has 7 heteroatoms. The van der Waals surface area contributed by atoms with Gasteiger partial charge >= 0.3 is 5.97 Å². The van der Waals surface area contributed by atoms with Crippen LogP contribution in [0.2, 0.25) is 0 Å². The van der Waals surface area contributed by atoms with Gasteiger partial charge in [0.15, 0.2) is 9.84 Å². The van der Waals surface area contributed by atoms with Gasteiger partial charge < -0.3 is 4.74 Å². The van der Waals surface area contributed by atoms with E-state index in [4.69, 9.17) is 4.74 Å². The summed E-state index contributed by atoms with van der Waals surface area (Å²) < 4.78 is 29.4. The Morgan fingerprint density at radius 1 is 1.35 bits per heavy atom. The third kappa shape index (κ3) is 2.72. The van der Waals surface area contributed by atoms with Crippen molar-refractivity contribution in [1.82, 2.24) is 9.78 Å². The van der Waals surface area contributed by atoms with Crippen LogP contribution in [-0.2, 0) is 14.6 Å². The quantitative estimate of drug-likeness (QED) is 0.799. The first kappa shape index (κ1) is 14.3. The van der Waals surface area contributed by atoms with Crippen LogP contribution in [0.1, 0.15) is 15.9 Å². The van der Waals surface area contributed by atoms with Crippen molar-refractivity contribution in [1.29, 1.82) is 0 Å². The van der Waals surface area contributed by atoms with Gasteiger partial charge in [0, 0.05) is 12.5 Å². The van der Waals surface area contributed by atoms with E-state index in [2.05, 4.69) is 5.10 Å². The lowest BCUT2D eigenvalue weighted by molar-refractivity contribution is 0.0600. The van der Waals surface area contributed by atoms with Crippen molar-refractivity contribution in [2.45, 2.75) is 11.8 Å². The largest absolute Gasteiger partial charge is 0.465 e. The molecule has 106 valence electrons. The van der Waals surface area contributed by atoms with Crippen molar-refractivity contribution in [2.75, 3.05) is 13.4 Å². The molecule has 0 aliphatic heterocycles. The number of nitrogens with zero attached hydrogens (tertiary/aromatic N) is 2. The summed E-state index contributed by atoms with van der Waals surface area (Å²) in [4.78, 5) is 11.9. The Morgan fingerprint density at radius 3 is 2.55 bits per heavy atom. The number of hydrogen-bond donors (Lipinski definition) is 0. The highest BCUT2D eigenvalue weighted by Crippen LogP contribution is 2.20. The highest BCUT2D eigenvalue weighted by Gasteiger charge is 2.18. The molecule has 0 radical (unpaired) electrons. The number of sulfone groups is 1. The Kier molecular flexibility index (Phi) is 3.63. The lowest BCUT2D eigenvalue weighted by Gasteiger charge is -2.09. The summed E-state index contributed by atoms with van der Waals surface area (Å²) in [5, 5.41) is 4.11. The second-order valence-electron chi connectivity index (χ2n) is 4.40. The molecule has 1 aromatic heterocycles. The van der Waals surface area contributed by atoms with Gasteiger partial charge in [-0.15, -0.1) is 0 Å². The van der Waals surface area contributed by atoms with E-state index < -0.39 is 15.8 Å². The summed E-state index contributed by atoms with van der Waals surface area (Å²) in [7, 11) is -2.15. The topological polar surface area (TPSA) is 78.3 Å². The average Bonchev–Trinajstić information content (AvgIpc) is 2.82.